The van der Waals surface area contributed by atoms with Gasteiger partial charge >= 0.3 is 17.9 Å². The van der Waals surface area contributed by atoms with Crippen molar-refractivity contribution in [2.24, 2.45) is 0 Å². The van der Waals surface area contributed by atoms with Crippen LogP contribution >= 0.6 is 12.4 Å². The number of hydrogen-bond acceptors (Lipinski definition) is 7. The van der Waals surface area contributed by atoms with Gasteiger partial charge in [-0.05, 0) is 18.2 Å². The van der Waals surface area contributed by atoms with Crippen LogP contribution in [0.25, 0.3) is 0 Å². The summed E-state index contributed by atoms with van der Waals surface area (Å²) in [6.07, 6.45) is 0. The van der Waals surface area contributed by atoms with Crippen molar-refractivity contribution in [1.29, 1.82) is 0 Å². The third kappa shape index (κ3) is 3.03. The molecule has 1 aliphatic rings. The zero-order chi connectivity index (χ0) is 19.9. The molecule has 0 aromatic heterocycles. The molecule has 1 N–H and O–H groups in total. The number of halogens is 1. The largest absolute Gasteiger partial charge is 0.478 e. The summed E-state index contributed by atoms with van der Waals surface area (Å²) in [4.78, 5) is 61.5. The molecule has 0 saturated heterocycles. The van der Waals surface area contributed by atoms with Crippen LogP contribution in [0.1, 0.15) is 62.9 Å². The summed E-state index contributed by atoms with van der Waals surface area (Å²) in [7, 11) is 2.19. The fraction of sp³-hybridized carbons (Fsp3) is 0.105. The summed E-state index contributed by atoms with van der Waals surface area (Å²) < 4.78 is 9.27. The molecule has 9 heteroatoms. The van der Waals surface area contributed by atoms with Gasteiger partial charge < -0.3 is 14.6 Å². The van der Waals surface area contributed by atoms with Crippen LogP contribution in [0.3, 0.4) is 0 Å². The van der Waals surface area contributed by atoms with Crippen LogP contribution in [-0.4, -0.2) is 48.8 Å². The number of esters is 2. The van der Waals surface area contributed by atoms with Crippen LogP contribution < -0.4 is 0 Å². The summed E-state index contributed by atoms with van der Waals surface area (Å²) in [5, 5.41) is 9.25. The normalized spacial score (nSPS) is 11.6. The number of carboxylic acids is 1. The number of carbonyl (C=O) groups is 5. The number of aromatic carboxylic acids is 1. The molecular formula is C19H13ClO8. The van der Waals surface area contributed by atoms with E-state index < -0.39 is 29.5 Å². The highest BCUT2D eigenvalue weighted by Gasteiger charge is 2.37. The van der Waals surface area contributed by atoms with E-state index in [1.165, 1.54) is 18.2 Å². The average molecular weight is 405 g/mol. The first kappa shape index (κ1) is 20.8. The van der Waals surface area contributed by atoms with Crippen molar-refractivity contribution in [3.63, 3.8) is 0 Å². The maximum atomic E-state index is 13.1. The van der Waals surface area contributed by atoms with Crippen molar-refractivity contribution in [3.8, 4) is 0 Å². The number of fused-ring (bicyclic) bond motifs is 2. The molecule has 2 aromatic carbocycles. The van der Waals surface area contributed by atoms with Gasteiger partial charge in [-0.3, -0.25) is 9.59 Å². The monoisotopic (exact) mass is 404 g/mol. The molecule has 0 saturated carbocycles. The van der Waals surface area contributed by atoms with E-state index >= 15 is 0 Å². The maximum absolute atomic E-state index is 13.1. The topological polar surface area (TPSA) is 124 Å². The molecule has 144 valence electrons. The minimum absolute atomic E-state index is 0. The molecule has 0 heterocycles. The number of methoxy groups -OCH3 is 2. The van der Waals surface area contributed by atoms with Crippen molar-refractivity contribution < 1.29 is 38.6 Å². The van der Waals surface area contributed by atoms with Crippen LogP contribution in [0.2, 0.25) is 0 Å². The van der Waals surface area contributed by atoms with E-state index in [1.807, 2.05) is 0 Å². The molecule has 0 amide bonds. The first-order valence-corrected chi connectivity index (χ1v) is 7.62. The second-order valence-electron chi connectivity index (χ2n) is 5.62. The van der Waals surface area contributed by atoms with E-state index in [4.69, 9.17) is 0 Å². The lowest BCUT2D eigenvalue weighted by Crippen LogP contribution is -2.27. The molecule has 2 aromatic rings. The Balaban J connectivity index is 0.00000280. The van der Waals surface area contributed by atoms with E-state index in [1.54, 1.807) is 0 Å². The molecule has 0 atom stereocenters. The van der Waals surface area contributed by atoms with Gasteiger partial charge in [-0.2, -0.15) is 0 Å². The smallest absolute Gasteiger partial charge is 0.338 e. The Morgan fingerprint density at radius 2 is 1.39 bits per heavy atom. The Labute approximate surface area is 164 Å². The van der Waals surface area contributed by atoms with E-state index in [9.17, 15) is 29.1 Å². The predicted octanol–water partition coefficient (Wildman–Crippen LogP) is 2.16. The molecule has 0 bridgehead atoms. The van der Waals surface area contributed by atoms with Crippen LogP contribution in [0.15, 0.2) is 30.3 Å². The third-order valence-corrected chi connectivity index (χ3v) is 4.20. The number of carbonyl (C=O) groups excluding carboxylic acids is 4. The number of rotatable bonds is 3. The first-order chi connectivity index (χ1) is 12.8. The standard InChI is InChI=1S/C19H12O8.ClH/c1-26-18(24)10-5-3-4-9-13(10)16(21)14-11(15(9)20)6-8(17(22)23)7-12(14)19(25)27-2;/h3-7H,1-2H3,(H,22,23);1H. The average Bonchev–Trinajstić information content (AvgIpc) is 2.69. The number of hydrogen-bond donors (Lipinski definition) is 1. The Morgan fingerprint density at radius 3 is 1.96 bits per heavy atom. The molecule has 1 aliphatic carbocycles. The Bertz CT molecular complexity index is 1050. The van der Waals surface area contributed by atoms with Crippen LogP contribution in [0.5, 0.6) is 0 Å². The van der Waals surface area contributed by atoms with E-state index in [0.717, 1.165) is 26.4 Å². The van der Waals surface area contributed by atoms with Gasteiger partial charge in [0.25, 0.3) is 0 Å². The Kier molecular flexibility index (Phi) is 5.65. The van der Waals surface area contributed by atoms with Gasteiger partial charge in [-0.1, -0.05) is 12.1 Å². The highest BCUT2D eigenvalue weighted by atomic mass is 35.5. The highest BCUT2D eigenvalue weighted by Crippen LogP contribution is 2.33. The minimum Gasteiger partial charge on any atom is -0.478 e. The summed E-state index contributed by atoms with van der Waals surface area (Å²) >= 11 is 0. The zero-order valence-corrected chi connectivity index (χ0v) is 15.4. The fourth-order valence-electron chi connectivity index (χ4n) is 3.00. The molecule has 8 nitrogen and oxygen atoms in total. The molecule has 0 spiro atoms. The lowest BCUT2D eigenvalue weighted by atomic mass is 9.79. The van der Waals surface area contributed by atoms with E-state index in [-0.39, 0.29) is 51.4 Å². The number of ketones is 2. The second-order valence-corrected chi connectivity index (χ2v) is 5.62. The molecule has 0 aliphatic heterocycles. The van der Waals surface area contributed by atoms with Crippen molar-refractivity contribution >= 4 is 41.9 Å². The Hall–Kier alpha value is -3.52. The number of ether oxygens (including phenoxy) is 2. The van der Waals surface area contributed by atoms with Gasteiger partial charge in [0.05, 0.1) is 30.9 Å². The Morgan fingerprint density at radius 1 is 0.821 bits per heavy atom. The number of carboxylic acid groups (broad SMARTS) is 1. The van der Waals surface area contributed by atoms with Gasteiger partial charge in [0, 0.05) is 22.3 Å². The van der Waals surface area contributed by atoms with Crippen molar-refractivity contribution in [3.05, 3.63) is 69.3 Å². The highest BCUT2D eigenvalue weighted by molar-refractivity contribution is 6.32. The second kappa shape index (κ2) is 7.61. The van der Waals surface area contributed by atoms with Crippen LogP contribution in [0, 0.1) is 0 Å². The summed E-state index contributed by atoms with van der Waals surface area (Å²) in [5.74, 6) is -4.62. The van der Waals surface area contributed by atoms with Crippen molar-refractivity contribution in [1.82, 2.24) is 0 Å². The lowest BCUT2D eigenvalue weighted by Gasteiger charge is -2.21. The fourth-order valence-corrected chi connectivity index (χ4v) is 3.00. The van der Waals surface area contributed by atoms with Crippen LogP contribution in [0.4, 0.5) is 0 Å². The van der Waals surface area contributed by atoms with Crippen LogP contribution in [-0.2, 0) is 9.47 Å². The summed E-state index contributed by atoms with van der Waals surface area (Å²) in [6, 6.07) is 6.06. The summed E-state index contributed by atoms with van der Waals surface area (Å²) in [6.45, 7) is 0. The zero-order valence-electron chi connectivity index (χ0n) is 14.6. The third-order valence-electron chi connectivity index (χ3n) is 4.20. The molecular weight excluding hydrogens is 392 g/mol. The first-order valence-electron chi connectivity index (χ1n) is 7.62. The molecule has 0 fully saturated rings. The molecule has 28 heavy (non-hydrogen) atoms. The van der Waals surface area contributed by atoms with Gasteiger partial charge in [0.15, 0.2) is 11.6 Å². The molecule has 0 unspecified atom stereocenters. The minimum atomic E-state index is -1.38. The van der Waals surface area contributed by atoms with Crippen molar-refractivity contribution in [2.75, 3.05) is 14.2 Å². The molecule has 0 radical (unpaired) electrons. The summed E-state index contributed by atoms with van der Waals surface area (Å²) in [5.41, 5.74) is -1.66. The van der Waals surface area contributed by atoms with Gasteiger partial charge in [0.2, 0.25) is 0 Å². The van der Waals surface area contributed by atoms with Crippen molar-refractivity contribution in [2.45, 2.75) is 0 Å². The number of benzene rings is 2. The SMILES string of the molecule is COC(=O)c1cccc2c1C(=O)c1c(C(=O)OC)cc(C(=O)O)cc1C2=O.Cl. The van der Waals surface area contributed by atoms with E-state index in [0.29, 0.717) is 0 Å². The van der Waals surface area contributed by atoms with Gasteiger partial charge in [0.1, 0.15) is 0 Å². The lowest BCUT2D eigenvalue weighted by molar-refractivity contribution is 0.0592. The van der Waals surface area contributed by atoms with Gasteiger partial charge in [-0.15, -0.1) is 12.4 Å². The quantitative estimate of drug-likeness (QED) is 0.658. The van der Waals surface area contributed by atoms with Gasteiger partial charge in [-0.25, -0.2) is 14.4 Å². The predicted molar refractivity (Wildman–Crippen MR) is 96.6 cm³/mol. The molecule has 3 rings (SSSR count). The maximum Gasteiger partial charge on any atom is 0.338 e. The van der Waals surface area contributed by atoms with E-state index in [2.05, 4.69) is 9.47 Å².